The number of carbonyl (C=O) groups excluding carboxylic acids is 1. The van der Waals surface area contributed by atoms with Gasteiger partial charge in [-0.05, 0) is 38.2 Å². The minimum absolute atomic E-state index is 0.0801. The summed E-state index contributed by atoms with van der Waals surface area (Å²) in [4.78, 5) is 11.4. The molecule has 0 radical (unpaired) electrons. The lowest BCUT2D eigenvalue weighted by Gasteiger charge is -2.23. The molecule has 14 heavy (non-hydrogen) atoms. The van der Waals surface area contributed by atoms with Crippen molar-refractivity contribution in [1.82, 2.24) is 0 Å². The molecule has 3 nitrogen and oxygen atoms in total. The third-order valence-electron chi connectivity index (χ3n) is 2.96. The standard InChI is InChI=1S/C11H16O3/c1-2-13-8-10(12)14-11-5-3-9(7-11)4-6-11/h3,5,9H,2,4,6-8H2,1H3. The van der Waals surface area contributed by atoms with Crippen LogP contribution >= 0.6 is 0 Å². The van der Waals surface area contributed by atoms with Crippen LogP contribution in [-0.2, 0) is 14.3 Å². The summed E-state index contributed by atoms with van der Waals surface area (Å²) < 4.78 is 10.5. The van der Waals surface area contributed by atoms with E-state index in [-0.39, 0.29) is 18.2 Å². The van der Waals surface area contributed by atoms with Crippen molar-refractivity contribution in [3.63, 3.8) is 0 Å². The summed E-state index contributed by atoms with van der Waals surface area (Å²) in [5.74, 6) is 0.397. The van der Waals surface area contributed by atoms with Crippen LogP contribution < -0.4 is 0 Å². The topological polar surface area (TPSA) is 35.5 Å². The molecule has 2 rings (SSSR count). The summed E-state index contributed by atoms with van der Waals surface area (Å²) in [5.41, 5.74) is -0.279. The first-order chi connectivity index (χ1) is 6.74. The van der Waals surface area contributed by atoms with E-state index in [2.05, 4.69) is 6.08 Å². The van der Waals surface area contributed by atoms with E-state index in [1.165, 1.54) is 0 Å². The number of hydrogen-bond donors (Lipinski definition) is 0. The van der Waals surface area contributed by atoms with Gasteiger partial charge < -0.3 is 9.47 Å². The van der Waals surface area contributed by atoms with Gasteiger partial charge in [0.25, 0.3) is 0 Å². The lowest BCUT2D eigenvalue weighted by atomic mass is 10.0. The Morgan fingerprint density at radius 2 is 2.50 bits per heavy atom. The SMILES string of the molecule is CCOCC(=O)OC12C=CC(CC1)C2. The smallest absolute Gasteiger partial charge is 0.332 e. The van der Waals surface area contributed by atoms with Gasteiger partial charge in [0.05, 0.1) is 0 Å². The Balaban J connectivity index is 1.85. The van der Waals surface area contributed by atoms with Gasteiger partial charge in [0.2, 0.25) is 0 Å². The molecule has 2 atom stereocenters. The van der Waals surface area contributed by atoms with Gasteiger partial charge in [-0.2, -0.15) is 0 Å². The zero-order valence-electron chi connectivity index (χ0n) is 8.49. The highest BCUT2D eigenvalue weighted by molar-refractivity contribution is 5.71. The van der Waals surface area contributed by atoms with Crippen molar-refractivity contribution in [1.29, 1.82) is 0 Å². The predicted molar refractivity (Wildman–Crippen MR) is 51.8 cm³/mol. The monoisotopic (exact) mass is 196 g/mol. The van der Waals surface area contributed by atoms with Crippen LogP contribution in [0.3, 0.4) is 0 Å². The zero-order valence-corrected chi connectivity index (χ0v) is 8.49. The molecule has 1 saturated carbocycles. The van der Waals surface area contributed by atoms with Crippen molar-refractivity contribution in [3.8, 4) is 0 Å². The van der Waals surface area contributed by atoms with Crippen LogP contribution in [-0.4, -0.2) is 24.8 Å². The molecule has 2 aliphatic rings. The molecular formula is C11H16O3. The van der Waals surface area contributed by atoms with Crippen LogP contribution in [0.4, 0.5) is 0 Å². The van der Waals surface area contributed by atoms with Crippen LogP contribution in [0.2, 0.25) is 0 Å². The molecule has 2 aliphatic carbocycles. The Bertz CT molecular complexity index is 259. The molecule has 0 N–H and O–H groups in total. The Labute approximate surface area is 84.1 Å². The predicted octanol–water partition coefficient (Wildman–Crippen LogP) is 1.67. The van der Waals surface area contributed by atoms with E-state index in [4.69, 9.17) is 9.47 Å². The molecule has 2 bridgehead atoms. The van der Waals surface area contributed by atoms with E-state index in [9.17, 15) is 4.79 Å². The Hall–Kier alpha value is -0.830. The molecule has 0 spiro atoms. The fourth-order valence-electron chi connectivity index (χ4n) is 2.27. The molecule has 3 heteroatoms. The molecule has 0 saturated heterocycles. The van der Waals surface area contributed by atoms with E-state index < -0.39 is 0 Å². The molecule has 0 heterocycles. The molecule has 2 unspecified atom stereocenters. The second-order valence-corrected chi connectivity index (χ2v) is 4.04. The molecular weight excluding hydrogens is 180 g/mol. The van der Waals surface area contributed by atoms with E-state index in [0.29, 0.717) is 12.5 Å². The van der Waals surface area contributed by atoms with Crippen LogP contribution in [0.25, 0.3) is 0 Å². The van der Waals surface area contributed by atoms with Gasteiger partial charge in [-0.15, -0.1) is 0 Å². The van der Waals surface area contributed by atoms with E-state index >= 15 is 0 Å². The number of fused-ring (bicyclic) bond motifs is 2. The maximum absolute atomic E-state index is 11.4. The van der Waals surface area contributed by atoms with Gasteiger partial charge in [0.15, 0.2) is 0 Å². The number of esters is 1. The highest BCUT2D eigenvalue weighted by Crippen LogP contribution is 2.44. The molecule has 0 aromatic heterocycles. The second kappa shape index (κ2) is 3.73. The maximum Gasteiger partial charge on any atom is 0.332 e. The third-order valence-corrected chi connectivity index (χ3v) is 2.96. The summed E-state index contributed by atoms with van der Waals surface area (Å²) in [6.45, 7) is 2.50. The number of ether oxygens (including phenoxy) is 2. The van der Waals surface area contributed by atoms with E-state index in [1.807, 2.05) is 13.0 Å². The first kappa shape index (κ1) is 9.71. The van der Waals surface area contributed by atoms with Gasteiger partial charge in [0, 0.05) is 6.61 Å². The van der Waals surface area contributed by atoms with Crippen LogP contribution in [0.15, 0.2) is 12.2 Å². The molecule has 0 aliphatic heterocycles. The van der Waals surface area contributed by atoms with Crippen molar-refractivity contribution in [2.75, 3.05) is 13.2 Å². The summed E-state index contributed by atoms with van der Waals surface area (Å²) in [7, 11) is 0. The molecule has 0 aromatic carbocycles. The summed E-state index contributed by atoms with van der Waals surface area (Å²) in [6.07, 6.45) is 7.32. The lowest BCUT2D eigenvalue weighted by molar-refractivity contribution is -0.159. The maximum atomic E-state index is 11.4. The fraction of sp³-hybridized carbons (Fsp3) is 0.727. The average Bonchev–Trinajstić information content (AvgIpc) is 2.74. The number of rotatable bonds is 4. The van der Waals surface area contributed by atoms with E-state index in [0.717, 1.165) is 19.3 Å². The molecule has 0 aromatic rings. The summed E-state index contributed by atoms with van der Waals surface area (Å²) in [5, 5.41) is 0. The number of hydrogen-bond acceptors (Lipinski definition) is 3. The van der Waals surface area contributed by atoms with Gasteiger partial charge in [0.1, 0.15) is 12.2 Å². The van der Waals surface area contributed by atoms with Gasteiger partial charge in [-0.1, -0.05) is 6.08 Å². The van der Waals surface area contributed by atoms with Gasteiger partial charge in [-0.3, -0.25) is 0 Å². The van der Waals surface area contributed by atoms with Crippen LogP contribution in [0.1, 0.15) is 26.2 Å². The minimum atomic E-state index is -0.279. The number of allylic oxidation sites excluding steroid dienone is 1. The van der Waals surface area contributed by atoms with Crippen molar-refractivity contribution in [2.45, 2.75) is 31.8 Å². The molecule has 0 amide bonds. The minimum Gasteiger partial charge on any atom is -0.453 e. The van der Waals surface area contributed by atoms with Crippen LogP contribution in [0.5, 0.6) is 0 Å². The van der Waals surface area contributed by atoms with Crippen molar-refractivity contribution >= 4 is 5.97 Å². The molecule has 1 fully saturated rings. The summed E-state index contributed by atoms with van der Waals surface area (Å²) >= 11 is 0. The zero-order chi connectivity index (χ0) is 10.0. The molecule has 78 valence electrons. The van der Waals surface area contributed by atoms with Gasteiger partial charge >= 0.3 is 5.97 Å². The van der Waals surface area contributed by atoms with Crippen molar-refractivity contribution < 1.29 is 14.3 Å². The Kier molecular flexibility index (Phi) is 2.59. The third kappa shape index (κ3) is 1.82. The van der Waals surface area contributed by atoms with Crippen molar-refractivity contribution in [3.05, 3.63) is 12.2 Å². The lowest BCUT2D eigenvalue weighted by Crippen LogP contribution is -2.30. The van der Waals surface area contributed by atoms with Gasteiger partial charge in [-0.25, -0.2) is 4.79 Å². The first-order valence-electron chi connectivity index (χ1n) is 5.23. The average molecular weight is 196 g/mol. The largest absolute Gasteiger partial charge is 0.453 e. The highest BCUT2D eigenvalue weighted by atomic mass is 16.6. The summed E-state index contributed by atoms with van der Waals surface area (Å²) in [6, 6.07) is 0. The highest BCUT2D eigenvalue weighted by Gasteiger charge is 2.43. The normalized spacial score (nSPS) is 33.6. The van der Waals surface area contributed by atoms with Crippen molar-refractivity contribution in [2.24, 2.45) is 5.92 Å². The second-order valence-electron chi connectivity index (χ2n) is 4.04. The van der Waals surface area contributed by atoms with E-state index in [1.54, 1.807) is 0 Å². The first-order valence-corrected chi connectivity index (χ1v) is 5.23. The fourth-order valence-corrected chi connectivity index (χ4v) is 2.27. The quantitative estimate of drug-likeness (QED) is 0.507. The number of carbonyl (C=O) groups is 1. The Morgan fingerprint density at radius 1 is 1.64 bits per heavy atom. The van der Waals surface area contributed by atoms with Crippen LogP contribution in [0, 0.1) is 5.92 Å². The Morgan fingerprint density at radius 3 is 3.00 bits per heavy atom.